The smallest absolute Gasteiger partial charge is 0.209 e. The van der Waals surface area contributed by atoms with Gasteiger partial charge in [-0.3, -0.25) is 0 Å². The largest absolute Gasteiger partial charge is 0.347 e. The highest BCUT2D eigenvalue weighted by atomic mass is 15.2. The molecule has 1 atom stereocenters. The van der Waals surface area contributed by atoms with Crippen molar-refractivity contribution in [1.29, 1.82) is 0 Å². The number of nitrogens with zero attached hydrogens (tertiary/aromatic N) is 3. The van der Waals surface area contributed by atoms with E-state index in [9.17, 15) is 0 Å². The number of likely N-dealkylation sites (N-methyl/N-ethyl adjacent to an activating group) is 1. The Morgan fingerprint density at radius 3 is 2.49 bits per heavy atom. The molecule has 2 heterocycles. The number of anilines is 1. The van der Waals surface area contributed by atoms with E-state index in [1.54, 1.807) is 0 Å². The fourth-order valence-electron chi connectivity index (χ4n) is 6.90. The van der Waals surface area contributed by atoms with E-state index in [0.717, 1.165) is 6.42 Å². The maximum Gasteiger partial charge on any atom is 0.209 e. The van der Waals surface area contributed by atoms with E-state index in [0.29, 0.717) is 5.69 Å². The van der Waals surface area contributed by atoms with Crippen LogP contribution in [0.1, 0.15) is 37.5 Å². The molecule has 2 aliphatic heterocycles. The second kappa shape index (κ2) is 9.10. The number of allylic oxidation sites excluding steroid dienone is 4. The molecule has 0 bridgehead atoms. The molecule has 192 valence electrons. The van der Waals surface area contributed by atoms with Gasteiger partial charge in [0, 0.05) is 41.6 Å². The number of rotatable bonds is 4. The van der Waals surface area contributed by atoms with Gasteiger partial charge in [0.25, 0.3) is 0 Å². The number of benzene rings is 4. The lowest BCUT2D eigenvalue weighted by Gasteiger charge is -2.29. The third-order valence-electron chi connectivity index (χ3n) is 8.79. The molecule has 0 aromatic heterocycles. The lowest BCUT2D eigenvalue weighted by molar-refractivity contribution is -0.401. The Labute approximate surface area is 231 Å². The van der Waals surface area contributed by atoms with Gasteiger partial charge >= 0.3 is 0 Å². The van der Waals surface area contributed by atoms with E-state index < -0.39 is 0 Å². The highest BCUT2D eigenvalue weighted by Crippen LogP contribution is 2.52. The molecule has 3 nitrogen and oxygen atoms in total. The highest BCUT2D eigenvalue weighted by molar-refractivity contribution is 6.03. The Kier molecular flexibility index (Phi) is 5.81. The minimum atomic E-state index is -0.263. The van der Waals surface area contributed by atoms with E-state index in [1.165, 1.54) is 50.2 Å². The van der Waals surface area contributed by atoms with Gasteiger partial charge in [-0.25, -0.2) is 4.85 Å². The van der Waals surface area contributed by atoms with Crippen LogP contribution in [0.5, 0.6) is 0 Å². The summed E-state index contributed by atoms with van der Waals surface area (Å²) in [6.07, 6.45) is 7.62. The van der Waals surface area contributed by atoms with Crippen molar-refractivity contribution >= 4 is 33.5 Å². The molecule has 4 aromatic rings. The first kappa shape index (κ1) is 24.9. The Hall–Kier alpha value is -4.42. The van der Waals surface area contributed by atoms with E-state index in [-0.39, 0.29) is 10.8 Å². The quantitative estimate of drug-likeness (QED) is 0.199. The van der Waals surface area contributed by atoms with Gasteiger partial charge in [0.1, 0.15) is 7.05 Å². The minimum Gasteiger partial charge on any atom is -0.347 e. The molecule has 0 saturated heterocycles. The summed E-state index contributed by atoms with van der Waals surface area (Å²) in [6, 6.07) is 30.0. The monoisotopic (exact) mass is 508 g/mol. The molecular weight excluding hydrogens is 474 g/mol. The molecule has 1 unspecified atom stereocenters. The third kappa shape index (κ3) is 3.82. The average molecular weight is 509 g/mol. The van der Waals surface area contributed by atoms with Crippen LogP contribution in [-0.2, 0) is 17.3 Å². The topological polar surface area (TPSA) is 10.6 Å². The molecule has 0 fully saturated rings. The number of para-hydroxylation sites is 1. The first-order chi connectivity index (χ1) is 18.8. The summed E-state index contributed by atoms with van der Waals surface area (Å²) in [6.45, 7) is 14.5. The van der Waals surface area contributed by atoms with E-state index in [1.807, 2.05) is 18.2 Å². The van der Waals surface area contributed by atoms with Gasteiger partial charge in [-0.15, -0.1) is 0 Å². The maximum atomic E-state index is 7.53. The first-order valence-electron chi connectivity index (χ1n) is 13.6. The first-order valence-corrected chi connectivity index (χ1v) is 13.6. The second-order valence-corrected chi connectivity index (χ2v) is 11.5. The number of fused-ring (bicyclic) bond motifs is 4. The molecule has 0 amide bonds. The zero-order valence-corrected chi connectivity index (χ0v) is 23.4. The fraction of sp³-hybridized carbons (Fsp3) is 0.222. The normalized spacial score (nSPS) is 20.6. The molecule has 39 heavy (non-hydrogen) atoms. The Bertz CT molecular complexity index is 1760. The van der Waals surface area contributed by atoms with Gasteiger partial charge in [0.15, 0.2) is 11.4 Å². The van der Waals surface area contributed by atoms with Crippen LogP contribution in [0.4, 0.5) is 17.1 Å². The summed E-state index contributed by atoms with van der Waals surface area (Å²) in [5.41, 5.74) is 9.32. The molecule has 0 aliphatic carbocycles. The molecule has 0 N–H and O–H groups in total. The van der Waals surface area contributed by atoms with Crippen LogP contribution < -0.4 is 4.90 Å². The minimum absolute atomic E-state index is 0.0649. The maximum absolute atomic E-state index is 7.53. The average Bonchev–Trinajstić information content (AvgIpc) is 3.28. The third-order valence-corrected chi connectivity index (χ3v) is 8.79. The van der Waals surface area contributed by atoms with Crippen LogP contribution in [0.25, 0.3) is 15.6 Å². The van der Waals surface area contributed by atoms with E-state index in [4.69, 9.17) is 6.57 Å². The summed E-state index contributed by atoms with van der Waals surface area (Å²) in [5, 5.41) is 2.55. The molecule has 6 rings (SSSR count). The Morgan fingerprint density at radius 2 is 1.69 bits per heavy atom. The van der Waals surface area contributed by atoms with Gasteiger partial charge in [-0.1, -0.05) is 84.4 Å². The van der Waals surface area contributed by atoms with Crippen molar-refractivity contribution in [2.75, 3.05) is 19.0 Å². The van der Waals surface area contributed by atoms with Crippen molar-refractivity contribution in [2.45, 2.75) is 38.0 Å². The number of hydrogen-bond acceptors (Lipinski definition) is 1. The molecule has 0 spiro atoms. The van der Waals surface area contributed by atoms with Crippen molar-refractivity contribution in [3.8, 4) is 0 Å². The summed E-state index contributed by atoms with van der Waals surface area (Å²) >= 11 is 0. The van der Waals surface area contributed by atoms with Gasteiger partial charge in [-0.05, 0) is 55.7 Å². The summed E-state index contributed by atoms with van der Waals surface area (Å²) in [4.78, 5) is 6.05. The van der Waals surface area contributed by atoms with Gasteiger partial charge in [-0.2, -0.15) is 4.58 Å². The van der Waals surface area contributed by atoms with Gasteiger partial charge in [0.2, 0.25) is 5.69 Å². The summed E-state index contributed by atoms with van der Waals surface area (Å²) in [7, 11) is 4.35. The van der Waals surface area contributed by atoms with Crippen molar-refractivity contribution in [1.82, 2.24) is 0 Å². The van der Waals surface area contributed by atoms with Crippen LogP contribution in [0.15, 0.2) is 109 Å². The zero-order chi connectivity index (χ0) is 27.4. The fourth-order valence-corrected chi connectivity index (χ4v) is 6.90. The summed E-state index contributed by atoms with van der Waals surface area (Å²) in [5.74, 6) is 0. The van der Waals surface area contributed by atoms with Gasteiger partial charge in [0.05, 0.1) is 12.0 Å². The van der Waals surface area contributed by atoms with Crippen LogP contribution >= 0.6 is 0 Å². The lowest BCUT2D eigenvalue weighted by atomic mass is 9.74. The van der Waals surface area contributed by atoms with E-state index >= 15 is 0 Å². The predicted molar refractivity (Wildman–Crippen MR) is 164 cm³/mol. The second-order valence-electron chi connectivity index (χ2n) is 11.5. The molecule has 4 aromatic carbocycles. The van der Waals surface area contributed by atoms with Crippen LogP contribution in [0.2, 0.25) is 0 Å². The number of hydrogen-bond donors (Lipinski definition) is 0. The lowest BCUT2D eigenvalue weighted by Crippen LogP contribution is -2.29. The van der Waals surface area contributed by atoms with Crippen LogP contribution in [0.3, 0.4) is 0 Å². The Morgan fingerprint density at radius 1 is 0.923 bits per heavy atom. The standard InChI is InChI=1S/C36H34N3/c1-35(2)29-17-9-10-18-30(29)38(5)32(35)19-12-20-33-36(3,24-25-13-11-15-27(23-25)37-4)34-28-16-8-7-14-26(28)21-22-31(34)39(33)6/h7-23H,24H2,1-3,5-6H3/q+1. The molecule has 2 aliphatic rings. The van der Waals surface area contributed by atoms with Crippen LogP contribution in [-0.4, -0.2) is 24.4 Å². The highest BCUT2D eigenvalue weighted by Gasteiger charge is 2.44. The molecule has 0 saturated carbocycles. The van der Waals surface area contributed by atoms with Gasteiger partial charge < -0.3 is 4.90 Å². The summed E-state index contributed by atoms with van der Waals surface area (Å²) < 4.78 is 2.32. The zero-order valence-electron chi connectivity index (χ0n) is 23.4. The SMILES string of the molecule is [C-]#[N+]c1cccc(CC2(C)/C(=C\C=C\C3=[N+](C)c4ccccc4C3(C)C)N(C)c3ccc4ccccc4c32)c1. The van der Waals surface area contributed by atoms with Crippen molar-refractivity contribution in [3.05, 3.63) is 137 Å². The van der Waals surface area contributed by atoms with Crippen molar-refractivity contribution < 1.29 is 4.58 Å². The van der Waals surface area contributed by atoms with E-state index in [2.05, 4.69) is 134 Å². The molecular formula is C36H34N3+. The molecule has 0 radical (unpaired) electrons. The molecule has 3 heteroatoms. The predicted octanol–water partition coefficient (Wildman–Crippen LogP) is 8.49. The van der Waals surface area contributed by atoms with Crippen molar-refractivity contribution in [2.24, 2.45) is 0 Å². The van der Waals surface area contributed by atoms with Crippen LogP contribution in [0, 0.1) is 6.57 Å². The Balaban J connectivity index is 1.48. The van der Waals surface area contributed by atoms with Crippen molar-refractivity contribution in [3.63, 3.8) is 0 Å².